The van der Waals surface area contributed by atoms with Gasteiger partial charge in [0.15, 0.2) is 0 Å². The van der Waals surface area contributed by atoms with Crippen LogP contribution in [0.25, 0.3) is 0 Å². The minimum absolute atomic E-state index is 0.133. The molecule has 4 aliphatic rings. The van der Waals surface area contributed by atoms with Gasteiger partial charge in [0.2, 0.25) is 0 Å². The van der Waals surface area contributed by atoms with Gasteiger partial charge in [0.25, 0.3) is 0 Å². The van der Waals surface area contributed by atoms with Crippen LogP contribution in [-0.4, -0.2) is 83.9 Å². The van der Waals surface area contributed by atoms with Gasteiger partial charge in [-0.15, -0.1) is 0 Å². The van der Waals surface area contributed by atoms with E-state index in [0.29, 0.717) is 30.0 Å². The van der Waals surface area contributed by atoms with Crippen molar-refractivity contribution in [2.24, 2.45) is 11.3 Å². The monoisotopic (exact) mass is 435 g/mol. The van der Waals surface area contributed by atoms with Crippen LogP contribution >= 0.6 is 0 Å². The van der Waals surface area contributed by atoms with E-state index in [1.54, 1.807) is 0 Å². The summed E-state index contributed by atoms with van der Waals surface area (Å²) >= 11 is 0. The fourth-order valence-corrected chi connectivity index (χ4v) is 6.38. The number of piperidine rings is 1. The SMILES string of the molecule is CCOC(=O)N1CC2(CCC(N3CCC(C4CCCN4C(=O)OC(C)(C)C)CC3)C2)C1. The second kappa shape index (κ2) is 8.80. The van der Waals surface area contributed by atoms with Crippen molar-refractivity contribution in [3.05, 3.63) is 0 Å². The Morgan fingerprint density at radius 3 is 2.35 bits per heavy atom. The summed E-state index contributed by atoms with van der Waals surface area (Å²) in [7, 11) is 0. The van der Waals surface area contributed by atoms with Crippen molar-refractivity contribution in [1.82, 2.24) is 14.7 Å². The molecule has 0 aromatic rings. The molecule has 4 fully saturated rings. The topological polar surface area (TPSA) is 62.3 Å². The zero-order valence-electron chi connectivity index (χ0n) is 19.9. The lowest BCUT2D eigenvalue weighted by molar-refractivity contribution is -0.00562. The Morgan fingerprint density at radius 2 is 1.71 bits per heavy atom. The van der Waals surface area contributed by atoms with Crippen molar-refractivity contribution in [3.8, 4) is 0 Å². The van der Waals surface area contributed by atoms with E-state index < -0.39 is 5.60 Å². The predicted octanol–water partition coefficient (Wildman–Crippen LogP) is 4.11. The molecule has 4 rings (SSSR count). The highest BCUT2D eigenvalue weighted by Gasteiger charge is 2.51. The summed E-state index contributed by atoms with van der Waals surface area (Å²) in [6.07, 6.45) is 7.94. The zero-order chi connectivity index (χ0) is 22.2. The van der Waals surface area contributed by atoms with Crippen molar-refractivity contribution >= 4 is 12.2 Å². The Hall–Kier alpha value is -1.50. The number of likely N-dealkylation sites (tertiary alicyclic amines) is 3. The molecule has 3 heterocycles. The average molecular weight is 436 g/mol. The smallest absolute Gasteiger partial charge is 0.410 e. The first-order valence-electron chi connectivity index (χ1n) is 12.3. The zero-order valence-corrected chi connectivity index (χ0v) is 19.9. The van der Waals surface area contributed by atoms with Crippen molar-refractivity contribution < 1.29 is 19.1 Å². The maximum atomic E-state index is 12.7. The molecule has 31 heavy (non-hydrogen) atoms. The third-order valence-corrected chi connectivity index (χ3v) is 7.82. The summed E-state index contributed by atoms with van der Waals surface area (Å²) in [6.45, 7) is 13.0. The van der Waals surface area contributed by atoms with Crippen LogP contribution in [0.5, 0.6) is 0 Å². The van der Waals surface area contributed by atoms with Crippen LogP contribution in [0.2, 0.25) is 0 Å². The minimum atomic E-state index is -0.434. The first-order chi connectivity index (χ1) is 14.7. The van der Waals surface area contributed by atoms with E-state index in [1.807, 2.05) is 37.5 Å². The molecule has 3 aliphatic heterocycles. The van der Waals surface area contributed by atoms with Crippen molar-refractivity contribution in [3.63, 3.8) is 0 Å². The van der Waals surface area contributed by atoms with Gasteiger partial charge in [-0.05, 0) is 91.6 Å². The van der Waals surface area contributed by atoms with Crippen LogP contribution in [0.3, 0.4) is 0 Å². The Bertz CT molecular complexity index is 662. The maximum Gasteiger partial charge on any atom is 0.410 e. The van der Waals surface area contributed by atoms with Gasteiger partial charge in [-0.1, -0.05) is 0 Å². The summed E-state index contributed by atoms with van der Waals surface area (Å²) in [4.78, 5) is 31.1. The molecule has 2 atom stereocenters. The molecule has 7 heteroatoms. The summed E-state index contributed by atoms with van der Waals surface area (Å²) in [5.41, 5.74) is -0.107. The second-order valence-electron chi connectivity index (χ2n) is 11.2. The van der Waals surface area contributed by atoms with Gasteiger partial charge in [-0.3, -0.25) is 0 Å². The van der Waals surface area contributed by atoms with Crippen LogP contribution < -0.4 is 0 Å². The van der Waals surface area contributed by atoms with Crippen LogP contribution in [-0.2, 0) is 9.47 Å². The Kier molecular flexibility index (Phi) is 6.44. The fourth-order valence-electron chi connectivity index (χ4n) is 6.38. The number of rotatable bonds is 3. The molecule has 7 nitrogen and oxygen atoms in total. The van der Waals surface area contributed by atoms with Gasteiger partial charge in [0.05, 0.1) is 6.61 Å². The average Bonchev–Trinajstić information content (AvgIpc) is 3.33. The molecular weight excluding hydrogens is 394 g/mol. The number of hydrogen-bond donors (Lipinski definition) is 0. The van der Waals surface area contributed by atoms with Crippen LogP contribution in [0, 0.1) is 11.3 Å². The van der Waals surface area contributed by atoms with Crippen molar-refractivity contribution in [2.45, 2.75) is 90.3 Å². The highest BCUT2D eigenvalue weighted by Crippen LogP contribution is 2.48. The van der Waals surface area contributed by atoms with E-state index in [4.69, 9.17) is 9.47 Å². The normalized spacial score (nSPS) is 29.3. The molecule has 0 N–H and O–H groups in total. The summed E-state index contributed by atoms with van der Waals surface area (Å²) < 4.78 is 10.8. The van der Waals surface area contributed by atoms with Crippen LogP contribution in [0.1, 0.15) is 72.6 Å². The van der Waals surface area contributed by atoms with Gasteiger partial charge in [-0.2, -0.15) is 0 Å². The molecule has 3 saturated heterocycles. The summed E-state index contributed by atoms with van der Waals surface area (Å²) in [5, 5.41) is 0. The summed E-state index contributed by atoms with van der Waals surface area (Å²) in [6, 6.07) is 0.993. The maximum absolute atomic E-state index is 12.7. The number of ether oxygens (including phenoxy) is 2. The van der Waals surface area contributed by atoms with E-state index in [9.17, 15) is 9.59 Å². The predicted molar refractivity (Wildman–Crippen MR) is 119 cm³/mol. The second-order valence-corrected chi connectivity index (χ2v) is 11.2. The van der Waals surface area contributed by atoms with Gasteiger partial charge in [0.1, 0.15) is 5.60 Å². The molecule has 1 aliphatic carbocycles. The van der Waals surface area contributed by atoms with E-state index in [1.165, 1.54) is 32.1 Å². The number of amides is 2. The summed E-state index contributed by atoms with van der Waals surface area (Å²) in [5.74, 6) is 0.588. The van der Waals surface area contributed by atoms with E-state index in [2.05, 4.69) is 4.90 Å². The molecule has 2 amide bonds. The molecule has 0 bridgehead atoms. The van der Waals surface area contributed by atoms with Crippen molar-refractivity contribution in [1.29, 1.82) is 0 Å². The fraction of sp³-hybridized carbons (Fsp3) is 0.917. The molecule has 2 unspecified atom stereocenters. The Labute approximate surface area is 187 Å². The number of carbonyl (C=O) groups excluding carboxylic acids is 2. The highest BCUT2D eigenvalue weighted by molar-refractivity contribution is 5.69. The number of carbonyl (C=O) groups is 2. The lowest BCUT2D eigenvalue weighted by atomic mass is 9.78. The molecule has 0 radical (unpaired) electrons. The van der Waals surface area contributed by atoms with Gasteiger partial charge < -0.3 is 24.2 Å². The van der Waals surface area contributed by atoms with Gasteiger partial charge in [0, 0.05) is 37.1 Å². The Balaban J connectivity index is 1.24. The molecule has 176 valence electrons. The quantitative estimate of drug-likeness (QED) is 0.668. The third-order valence-electron chi connectivity index (χ3n) is 7.82. The van der Waals surface area contributed by atoms with E-state index in [-0.39, 0.29) is 12.2 Å². The lowest BCUT2D eigenvalue weighted by Crippen LogP contribution is -2.58. The Morgan fingerprint density at radius 1 is 1.00 bits per heavy atom. The molecule has 1 saturated carbocycles. The molecule has 1 spiro atoms. The molecule has 0 aromatic heterocycles. The minimum Gasteiger partial charge on any atom is -0.450 e. The number of hydrogen-bond acceptors (Lipinski definition) is 5. The number of nitrogens with zero attached hydrogens (tertiary/aromatic N) is 3. The molecule has 0 aromatic carbocycles. The molecular formula is C24H41N3O4. The lowest BCUT2D eigenvalue weighted by Gasteiger charge is -2.48. The van der Waals surface area contributed by atoms with E-state index >= 15 is 0 Å². The third kappa shape index (κ3) is 4.96. The first-order valence-corrected chi connectivity index (χ1v) is 12.3. The van der Waals surface area contributed by atoms with Crippen LogP contribution in [0.15, 0.2) is 0 Å². The highest BCUT2D eigenvalue weighted by atomic mass is 16.6. The van der Waals surface area contributed by atoms with Gasteiger partial charge >= 0.3 is 12.2 Å². The standard InChI is InChI=1S/C24H41N3O4/c1-5-30-21(28)26-16-24(17-26)11-8-19(15-24)25-13-9-18(10-14-25)20-7-6-12-27(20)22(29)31-23(2,3)4/h18-20H,5-17H2,1-4H3. The van der Waals surface area contributed by atoms with Gasteiger partial charge in [-0.25, -0.2) is 9.59 Å². The first kappa shape index (κ1) is 22.7. The van der Waals surface area contributed by atoms with Crippen LogP contribution in [0.4, 0.5) is 9.59 Å². The largest absolute Gasteiger partial charge is 0.450 e. The van der Waals surface area contributed by atoms with E-state index in [0.717, 1.165) is 45.6 Å². The van der Waals surface area contributed by atoms with Crippen molar-refractivity contribution in [2.75, 3.05) is 39.3 Å².